The van der Waals surface area contributed by atoms with Crippen LogP contribution in [-0.4, -0.2) is 5.91 Å². The van der Waals surface area contributed by atoms with E-state index in [4.69, 9.17) is 11.6 Å². The Morgan fingerprint density at radius 2 is 1.84 bits per heavy atom. The lowest BCUT2D eigenvalue weighted by Gasteiger charge is -2.20. The molecule has 0 bridgehead atoms. The molecule has 1 atom stereocenters. The molecule has 0 saturated carbocycles. The number of hydrogen-bond acceptors (Lipinski definition) is 1. The Morgan fingerprint density at radius 3 is 2.74 bits per heavy atom. The van der Waals surface area contributed by atoms with Gasteiger partial charge in [-0.1, -0.05) is 35.9 Å². The first-order valence-corrected chi connectivity index (χ1v) is 6.75. The lowest BCUT2D eigenvalue weighted by atomic mass is 9.79. The summed E-state index contributed by atoms with van der Waals surface area (Å²) in [5.74, 6) is 0.112. The number of carbonyl (C=O) groups excluding carboxylic acids is 1. The molecule has 0 fully saturated rings. The number of rotatable bonds is 0. The van der Waals surface area contributed by atoms with Gasteiger partial charge in [0.2, 0.25) is 5.91 Å². The predicted molar refractivity (Wildman–Crippen MR) is 75.6 cm³/mol. The zero-order valence-corrected chi connectivity index (χ0v) is 11.0. The molecule has 1 aliphatic heterocycles. The van der Waals surface area contributed by atoms with Gasteiger partial charge in [0, 0.05) is 10.7 Å². The monoisotopic (exact) mass is 269 g/mol. The van der Waals surface area contributed by atoms with Crippen LogP contribution in [0.25, 0.3) is 0 Å². The van der Waals surface area contributed by atoms with Crippen LogP contribution in [0.2, 0.25) is 5.02 Å². The van der Waals surface area contributed by atoms with Gasteiger partial charge < -0.3 is 5.32 Å². The zero-order chi connectivity index (χ0) is 13.0. The maximum absolute atomic E-state index is 12.5. The van der Waals surface area contributed by atoms with Gasteiger partial charge in [-0.2, -0.15) is 0 Å². The second kappa shape index (κ2) is 3.61. The van der Waals surface area contributed by atoms with Gasteiger partial charge in [-0.15, -0.1) is 0 Å². The molecule has 2 aromatic carbocycles. The number of carbonyl (C=O) groups is 1. The summed E-state index contributed by atoms with van der Waals surface area (Å²) in [6.45, 7) is 0. The van der Waals surface area contributed by atoms with E-state index in [1.807, 2.05) is 36.4 Å². The van der Waals surface area contributed by atoms with Crippen molar-refractivity contribution >= 4 is 23.2 Å². The van der Waals surface area contributed by atoms with Gasteiger partial charge in [0.25, 0.3) is 0 Å². The van der Waals surface area contributed by atoms with Crippen LogP contribution in [0.5, 0.6) is 0 Å². The predicted octanol–water partition coefficient (Wildman–Crippen LogP) is 3.33. The van der Waals surface area contributed by atoms with Crippen molar-refractivity contribution in [1.82, 2.24) is 0 Å². The quantitative estimate of drug-likeness (QED) is 0.781. The molecule has 1 heterocycles. The van der Waals surface area contributed by atoms with Crippen molar-refractivity contribution in [2.24, 2.45) is 0 Å². The van der Waals surface area contributed by atoms with Gasteiger partial charge in [0.15, 0.2) is 0 Å². The van der Waals surface area contributed by atoms with E-state index < -0.39 is 5.41 Å². The first kappa shape index (κ1) is 11.1. The van der Waals surface area contributed by atoms with Crippen molar-refractivity contribution in [2.75, 3.05) is 5.32 Å². The molecular formula is C16H12ClNO. The van der Waals surface area contributed by atoms with Gasteiger partial charge >= 0.3 is 0 Å². The molecule has 4 rings (SSSR count). The normalized spacial score (nSPS) is 23.3. The summed E-state index contributed by atoms with van der Waals surface area (Å²) in [5.41, 5.74) is 4.07. The largest absolute Gasteiger partial charge is 0.325 e. The molecule has 19 heavy (non-hydrogen) atoms. The molecule has 2 aliphatic rings. The first-order chi connectivity index (χ1) is 9.19. The summed E-state index contributed by atoms with van der Waals surface area (Å²) in [6.07, 6.45) is 1.51. The summed E-state index contributed by atoms with van der Waals surface area (Å²) in [5, 5.41) is 3.75. The van der Waals surface area contributed by atoms with Gasteiger partial charge in [-0.25, -0.2) is 0 Å². The number of nitrogens with one attached hydrogen (secondary N) is 1. The summed E-state index contributed by atoms with van der Waals surface area (Å²) in [6, 6.07) is 13.9. The third-order valence-electron chi connectivity index (χ3n) is 4.28. The minimum Gasteiger partial charge on any atom is -0.325 e. The van der Waals surface area contributed by atoms with Crippen LogP contribution in [0.4, 0.5) is 5.69 Å². The van der Waals surface area contributed by atoms with Crippen LogP contribution in [0.3, 0.4) is 0 Å². The van der Waals surface area contributed by atoms with E-state index in [1.54, 1.807) is 0 Å². The smallest absolute Gasteiger partial charge is 0.235 e. The highest BCUT2D eigenvalue weighted by Gasteiger charge is 2.50. The number of hydrogen-bond donors (Lipinski definition) is 1. The van der Waals surface area contributed by atoms with Crippen LogP contribution in [0.15, 0.2) is 42.5 Å². The van der Waals surface area contributed by atoms with E-state index in [-0.39, 0.29) is 5.91 Å². The van der Waals surface area contributed by atoms with E-state index in [1.165, 1.54) is 11.1 Å². The fraction of sp³-hybridized carbons (Fsp3) is 0.188. The molecule has 2 nitrogen and oxygen atoms in total. The summed E-state index contributed by atoms with van der Waals surface area (Å²) < 4.78 is 0. The molecular weight excluding hydrogens is 258 g/mol. The lowest BCUT2D eigenvalue weighted by Crippen LogP contribution is -2.35. The molecule has 0 saturated heterocycles. The van der Waals surface area contributed by atoms with Crippen LogP contribution in [-0.2, 0) is 23.1 Å². The minimum atomic E-state index is -0.427. The molecule has 1 spiro atoms. The zero-order valence-electron chi connectivity index (χ0n) is 10.2. The van der Waals surface area contributed by atoms with Crippen molar-refractivity contribution in [3.8, 4) is 0 Å². The van der Waals surface area contributed by atoms with Crippen molar-refractivity contribution in [2.45, 2.75) is 18.3 Å². The summed E-state index contributed by atoms with van der Waals surface area (Å²) >= 11 is 6.05. The Bertz CT molecular complexity index is 710. The molecule has 0 aromatic heterocycles. The third kappa shape index (κ3) is 1.41. The molecule has 1 unspecified atom stereocenters. The Hall–Kier alpha value is -1.80. The molecule has 1 amide bonds. The second-order valence-electron chi connectivity index (χ2n) is 5.35. The average Bonchev–Trinajstić information content (AvgIpc) is 2.90. The Morgan fingerprint density at radius 1 is 1.05 bits per heavy atom. The van der Waals surface area contributed by atoms with Crippen LogP contribution in [0, 0.1) is 0 Å². The number of halogens is 1. The van der Waals surface area contributed by atoms with Crippen molar-refractivity contribution in [3.63, 3.8) is 0 Å². The van der Waals surface area contributed by atoms with E-state index in [0.717, 1.165) is 29.1 Å². The summed E-state index contributed by atoms with van der Waals surface area (Å²) in [7, 11) is 0. The third-order valence-corrected chi connectivity index (χ3v) is 4.51. The number of amides is 1. The standard InChI is InChI=1S/C16H12ClNO/c17-12-6-5-10-8-16(9-11(10)7-12)13-3-1-2-4-14(13)18-15(16)19/h1-7H,8-9H2,(H,18,19). The fourth-order valence-corrected chi connectivity index (χ4v) is 3.56. The van der Waals surface area contributed by atoms with Crippen LogP contribution >= 0.6 is 11.6 Å². The molecule has 1 aliphatic carbocycles. The van der Waals surface area contributed by atoms with Crippen LogP contribution in [0.1, 0.15) is 16.7 Å². The summed E-state index contributed by atoms with van der Waals surface area (Å²) in [4.78, 5) is 12.5. The number of anilines is 1. The molecule has 0 radical (unpaired) electrons. The minimum absolute atomic E-state index is 0.112. The van der Waals surface area contributed by atoms with E-state index in [0.29, 0.717) is 0 Å². The van der Waals surface area contributed by atoms with Crippen molar-refractivity contribution < 1.29 is 4.79 Å². The molecule has 3 heteroatoms. The average molecular weight is 270 g/mol. The number of para-hydroxylation sites is 1. The molecule has 1 N–H and O–H groups in total. The molecule has 2 aromatic rings. The van der Waals surface area contributed by atoms with Gasteiger partial charge in [-0.3, -0.25) is 4.79 Å². The maximum Gasteiger partial charge on any atom is 0.235 e. The van der Waals surface area contributed by atoms with E-state index in [2.05, 4.69) is 11.4 Å². The topological polar surface area (TPSA) is 29.1 Å². The van der Waals surface area contributed by atoms with E-state index >= 15 is 0 Å². The highest BCUT2D eigenvalue weighted by molar-refractivity contribution is 6.30. The van der Waals surface area contributed by atoms with Gasteiger partial charge in [0.05, 0.1) is 5.41 Å². The SMILES string of the molecule is O=C1Nc2ccccc2C12Cc1ccc(Cl)cc1C2. The van der Waals surface area contributed by atoms with E-state index in [9.17, 15) is 4.79 Å². The number of benzene rings is 2. The second-order valence-corrected chi connectivity index (χ2v) is 5.78. The van der Waals surface area contributed by atoms with Crippen molar-refractivity contribution in [1.29, 1.82) is 0 Å². The highest BCUT2D eigenvalue weighted by Crippen LogP contribution is 2.47. The highest BCUT2D eigenvalue weighted by atomic mass is 35.5. The van der Waals surface area contributed by atoms with Crippen molar-refractivity contribution in [3.05, 3.63) is 64.2 Å². The number of fused-ring (bicyclic) bond motifs is 3. The lowest BCUT2D eigenvalue weighted by molar-refractivity contribution is -0.120. The maximum atomic E-state index is 12.5. The molecule has 94 valence electrons. The first-order valence-electron chi connectivity index (χ1n) is 6.37. The fourth-order valence-electron chi connectivity index (χ4n) is 3.37. The van der Waals surface area contributed by atoms with Gasteiger partial charge in [-0.05, 0) is 47.7 Å². The Labute approximate surface area is 116 Å². The Balaban J connectivity index is 1.88. The Kier molecular flexibility index (Phi) is 2.10. The van der Waals surface area contributed by atoms with Gasteiger partial charge in [0.1, 0.15) is 0 Å². The van der Waals surface area contributed by atoms with Crippen LogP contribution < -0.4 is 5.32 Å².